The Balaban J connectivity index is 1.17. The van der Waals surface area contributed by atoms with E-state index in [4.69, 9.17) is 4.42 Å². The predicted molar refractivity (Wildman–Crippen MR) is 210 cm³/mol. The van der Waals surface area contributed by atoms with Crippen LogP contribution in [0.3, 0.4) is 0 Å². The highest BCUT2D eigenvalue weighted by atomic mass is 32.1. The lowest BCUT2D eigenvalue weighted by atomic mass is 9.98. The first kappa shape index (κ1) is 27.9. The van der Waals surface area contributed by atoms with E-state index in [-0.39, 0.29) is 0 Å². The summed E-state index contributed by atoms with van der Waals surface area (Å²) in [7, 11) is 0. The lowest BCUT2D eigenvalue weighted by molar-refractivity contribution is 0.669. The molecule has 3 heteroatoms. The number of para-hydroxylation sites is 1. The smallest absolute Gasteiger partial charge is 0.137 e. The Morgan fingerprint density at radius 3 is 2.02 bits per heavy atom. The van der Waals surface area contributed by atoms with Gasteiger partial charge in [0, 0.05) is 36.9 Å². The molecule has 0 saturated carbocycles. The Morgan fingerprint density at radius 2 is 1.10 bits per heavy atom. The molecule has 10 aromatic rings. The number of thiophene rings is 1. The van der Waals surface area contributed by atoms with Gasteiger partial charge in [-0.15, -0.1) is 11.3 Å². The minimum atomic E-state index is 0.877. The summed E-state index contributed by atoms with van der Waals surface area (Å²) in [6.07, 6.45) is 0. The highest BCUT2D eigenvalue weighted by Crippen LogP contribution is 2.45. The van der Waals surface area contributed by atoms with Crippen molar-refractivity contribution >= 4 is 81.3 Å². The molecule has 0 aliphatic heterocycles. The minimum Gasteiger partial charge on any atom is -0.456 e. The number of benzene rings is 8. The molecule has 49 heavy (non-hydrogen) atoms. The van der Waals surface area contributed by atoms with Crippen molar-refractivity contribution in [1.29, 1.82) is 0 Å². The summed E-state index contributed by atoms with van der Waals surface area (Å²) >= 11 is 1.87. The molecule has 0 saturated heterocycles. The molecular formula is C46H29NOS. The molecule has 10 rings (SSSR count). The molecule has 0 fully saturated rings. The van der Waals surface area contributed by atoms with E-state index < -0.39 is 0 Å². The van der Waals surface area contributed by atoms with Gasteiger partial charge in [-0.1, -0.05) is 127 Å². The highest BCUT2D eigenvalue weighted by molar-refractivity contribution is 7.26. The molecule has 0 bridgehead atoms. The second-order valence-corrected chi connectivity index (χ2v) is 13.5. The molecule has 2 aromatic heterocycles. The predicted octanol–water partition coefficient (Wildman–Crippen LogP) is 13.9. The molecular weight excluding hydrogens is 615 g/mol. The van der Waals surface area contributed by atoms with Gasteiger partial charge in [0.25, 0.3) is 0 Å². The molecule has 0 atom stereocenters. The highest BCUT2D eigenvalue weighted by Gasteiger charge is 2.20. The van der Waals surface area contributed by atoms with Crippen molar-refractivity contribution in [2.24, 2.45) is 0 Å². The van der Waals surface area contributed by atoms with Crippen LogP contribution in [0.5, 0.6) is 0 Å². The molecule has 230 valence electrons. The summed E-state index contributed by atoms with van der Waals surface area (Å²) in [4.78, 5) is 2.38. The van der Waals surface area contributed by atoms with Crippen molar-refractivity contribution in [3.8, 4) is 22.3 Å². The Bertz CT molecular complexity index is 2840. The van der Waals surface area contributed by atoms with Crippen LogP contribution in [0.15, 0.2) is 180 Å². The molecule has 8 aromatic carbocycles. The summed E-state index contributed by atoms with van der Waals surface area (Å²) in [6, 6.07) is 63.2. The average molecular weight is 644 g/mol. The van der Waals surface area contributed by atoms with Crippen LogP contribution in [0.25, 0.3) is 75.1 Å². The number of anilines is 3. The van der Waals surface area contributed by atoms with Gasteiger partial charge in [0.2, 0.25) is 0 Å². The van der Waals surface area contributed by atoms with Gasteiger partial charge in [0.15, 0.2) is 0 Å². The minimum absolute atomic E-state index is 0.877. The van der Waals surface area contributed by atoms with Crippen molar-refractivity contribution in [2.75, 3.05) is 4.90 Å². The molecule has 2 heterocycles. The summed E-state index contributed by atoms with van der Waals surface area (Å²) in [5, 5.41) is 7.33. The summed E-state index contributed by atoms with van der Waals surface area (Å²) < 4.78 is 9.00. The van der Waals surface area contributed by atoms with Crippen molar-refractivity contribution in [2.45, 2.75) is 0 Å². The number of hydrogen-bond acceptors (Lipinski definition) is 3. The van der Waals surface area contributed by atoms with Gasteiger partial charge in [0.1, 0.15) is 11.2 Å². The Kier molecular flexibility index (Phi) is 6.39. The van der Waals surface area contributed by atoms with Crippen LogP contribution in [0.2, 0.25) is 0 Å². The van der Waals surface area contributed by atoms with Crippen LogP contribution in [-0.4, -0.2) is 0 Å². The summed E-state index contributed by atoms with van der Waals surface area (Å²) in [6.45, 7) is 0. The monoisotopic (exact) mass is 643 g/mol. The van der Waals surface area contributed by atoms with Crippen LogP contribution in [0, 0.1) is 0 Å². The number of nitrogens with zero attached hydrogens (tertiary/aromatic N) is 1. The van der Waals surface area contributed by atoms with E-state index in [1.54, 1.807) is 0 Å². The fourth-order valence-corrected chi connectivity index (χ4v) is 8.66. The largest absolute Gasteiger partial charge is 0.456 e. The first-order valence-corrected chi connectivity index (χ1v) is 17.4. The van der Waals surface area contributed by atoms with E-state index in [9.17, 15) is 0 Å². The molecule has 2 nitrogen and oxygen atoms in total. The molecule has 0 unspecified atom stereocenters. The van der Waals surface area contributed by atoms with Gasteiger partial charge in [-0.3, -0.25) is 0 Å². The third kappa shape index (κ3) is 4.55. The maximum absolute atomic E-state index is 6.38. The normalized spacial score (nSPS) is 11.7. The van der Waals surface area contributed by atoms with E-state index >= 15 is 0 Å². The van der Waals surface area contributed by atoms with Crippen LogP contribution in [-0.2, 0) is 0 Å². The lowest BCUT2D eigenvalue weighted by Gasteiger charge is -2.27. The van der Waals surface area contributed by atoms with E-state index in [2.05, 4.69) is 175 Å². The van der Waals surface area contributed by atoms with Gasteiger partial charge in [-0.2, -0.15) is 0 Å². The van der Waals surface area contributed by atoms with E-state index in [1.807, 2.05) is 17.4 Å². The number of fused-ring (bicyclic) bond motifs is 7. The molecule has 0 amide bonds. The van der Waals surface area contributed by atoms with Crippen molar-refractivity contribution in [1.82, 2.24) is 0 Å². The number of hydrogen-bond donors (Lipinski definition) is 0. The zero-order chi connectivity index (χ0) is 32.3. The van der Waals surface area contributed by atoms with Crippen molar-refractivity contribution in [3.05, 3.63) is 176 Å². The SMILES string of the molecule is c1cc(-c2cccc3c2sc2ccccc23)cc(N(c2ccc(-c3cccc4ccccc34)cc2)c2cccc3oc4ccccc4c23)c1. The third-order valence-corrected chi connectivity index (χ3v) is 10.9. The van der Waals surface area contributed by atoms with Crippen LogP contribution < -0.4 is 4.90 Å². The summed E-state index contributed by atoms with van der Waals surface area (Å²) in [5.74, 6) is 0. The van der Waals surface area contributed by atoms with Gasteiger partial charge in [-0.25, -0.2) is 0 Å². The molecule has 0 spiro atoms. The first-order valence-electron chi connectivity index (χ1n) is 16.6. The second kappa shape index (κ2) is 11.2. The van der Waals surface area contributed by atoms with Crippen molar-refractivity contribution in [3.63, 3.8) is 0 Å². The fourth-order valence-electron chi connectivity index (χ4n) is 7.42. The third-order valence-electron chi connectivity index (χ3n) is 9.67. The maximum Gasteiger partial charge on any atom is 0.137 e. The van der Waals surface area contributed by atoms with E-state index in [0.29, 0.717) is 0 Å². The number of rotatable bonds is 5. The molecule has 0 aliphatic rings. The van der Waals surface area contributed by atoms with Crippen LogP contribution in [0.4, 0.5) is 17.1 Å². The van der Waals surface area contributed by atoms with Gasteiger partial charge in [0.05, 0.1) is 11.1 Å². The first-order chi connectivity index (χ1) is 24.3. The lowest BCUT2D eigenvalue weighted by Crippen LogP contribution is -2.10. The fraction of sp³-hybridized carbons (Fsp3) is 0. The zero-order valence-electron chi connectivity index (χ0n) is 26.5. The molecule has 0 N–H and O–H groups in total. The van der Waals surface area contributed by atoms with Gasteiger partial charge < -0.3 is 9.32 Å². The van der Waals surface area contributed by atoms with Crippen molar-refractivity contribution < 1.29 is 4.42 Å². The maximum atomic E-state index is 6.38. The average Bonchev–Trinajstić information content (AvgIpc) is 3.74. The van der Waals surface area contributed by atoms with Crippen LogP contribution >= 0.6 is 11.3 Å². The standard InChI is InChI=1S/C46H29NOS/c1-2-15-35-30(11-1)12-8-18-36(35)31-25-27-33(28-26-31)47(41-21-10-23-43-45(41)40-17-3-5-22-42(40)48-43)34-14-7-13-32(29-34)37-19-9-20-39-38-16-4-6-24-44(38)49-46(37)39/h1-29H. The Morgan fingerprint density at radius 1 is 0.429 bits per heavy atom. The Hall–Kier alpha value is -6.16. The van der Waals surface area contributed by atoms with E-state index in [1.165, 1.54) is 53.2 Å². The second-order valence-electron chi connectivity index (χ2n) is 12.5. The van der Waals surface area contributed by atoms with Crippen LogP contribution in [0.1, 0.15) is 0 Å². The molecule has 0 aliphatic carbocycles. The van der Waals surface area contributed by atoms with E-state index in [0.717, 1.165) is 39.0 Å². The quantitative estimate of drug-likeness (QED) is 0.186. The Labute approximate surface area is 287 Å². The topological polar surface area (TPSA) is 16.4 Å². The van der Waals surface area contributed by atoms with Gasteiger partial charge in [-0.05, 0) is 81.6 Å². The zero-order valence-corrected chi connectivity index (χ0v) is 27.3. The summed E-state index contributed by atoms with van der Waals surface area (Å²) in [5.41, 5.74) is 9.89. The number of furan rings is 1. The molecule has 0 radical (unpaired) electrons. The van der Waals surface area contributed by atoms with Gasteiger partial charge >= 0.3 is 0 Å².